The number of hydrogen-bond donors (Lipinski definition) is 2. The van der Waals surface area contributed by atoms with Crippen LogP contribution in [-0.2, 0) is 18.9 Å². The van der Waals surface area contributed by atoms with E-state index in [9.17, 15) is 9.59 Å². The third-order valence-electron chi connectivity index (χ3n) is 7.82. The number of amides is 2. The highest BCUT2D eigenvalue weighted by Crippen LogP contribution is 2.36. The van der Waals surface area contributed by atoms with Gasteiger partial charge in [0.25, 0.3) is 11.8 Å². The molecule has 0 unspecified atom stereocenters. The number of hydrogen-bond acceptors (Lipinski definition) is 11. The Balaban J connectivity index is 1.38. The summed E-state index contributed by atoms with van der Waals surface area (Å²) in [7, 11) is 1.62. The SMILES string of the molecule is CCN1C(=O)c2cccc3c(N(N)/C=C(\N)c4ccc(N5CCOCCOCCOCCOCC5)c(OC)c4)ccc(c23)C1=O. The van der Waals surface area contributed by atoms with Crippen molar-refractivity contribution in [2.45, 2.75) is 6.92 Å². The molecule has 2 aliphatic rings. The zero-order valence-electron chi connectivity index (χ0n) is 25.8. The first kappa shape index (κ1) is 32.2. The summed E-state index contributed by atoms with van der Waals surface area (Å²) in [5, 5.41) is 2.68. The molecule has 3 aromatic rings. The summed E-state index contributed by atoms with van der Waals surface area (Å²) in [6.45, 7) is 7.44. The average Bonchev–Trinajstić information content (AvgIpc) is 3.06. The summed E-state index contributed by atoms with van der Waals surface area (Å²) in [5.74, 6) is 6.53. The molecular weight excluding hydrogens is 578 g/mol. The summed E-state index contributed by atoms with van der Waals surface area (Å²) in [6.07, 6.45) is 1.61. The van der Waals surface area contributed by atoms with E-state index >= 15 is 0 Å². The molecule has 5 rings (SSSR count). The number of ether oxygens (including phenoxy) is 5. The van der Waals surface area contributed by atoms with Crippen molar-refractivity contribution < 1.29 is 33.3 Å². The highest BCUT2D eigenvalue weighted by Gasteiger charge is 2.32. The van der Waals surface area contributed by atoms with Crippen molar-refractivity contribution in [3.63, 3.8) is 0 Å². The van der Waals surface area contributed by atoms with Crippen molar-refractivity contribution >= 4 is 39.7 Å². The lowest BCUT2D eigenvalue weighted by atomic mass is 9.93. The molecule has 0 radical (unpaired) electrons. The predicted molar refractivity (Wildman–Crippen MR) is 172 cm³/mol. The van der Waals surface area contributed by atoms with Crippen molar-refractivity contribution in [1.82, 2.24) is 4.90 Å². The maximum Gasteiger partial charge on any atom is 0.261 e. The minimum absolute atomic E-state index is 0.296. The van der Waals surface area contributed by atoms with Crippen molar-refractivity contribution in [3.8, 4) is 5.75 Å². The van der Waals surface area contributed by atoms with Gasteiger partial charge in [0.05, 0.1) is 77.0 Å². The maximum absolute atomic E-state index is 13.0. The summed E-state index contributed by atoms with van der Waals surface area (Å²) in [5.41, 5.74) is 10.1. The Morgan fingerprint density at radius 2 is 1.47 bits per heavy atom. The highest BCUT2D eigenvalue weighted by atomic mass is 16.6. The molecule has 12 heteroatoms. The van der Waals surface area contributed by atoms with Gasteiger partial charge in [-0.15, -0.1) is 0 Å². The molecule has 0 spiro atoms. The van der Waals surface area contributed by atoms with Crippen molar-refractivity contribution in [2.75, 3.05) is 89.5 Å². The van der Waals surface area contributed by atoms with Crippen LogP contribution in [0.25, 0.3) is 16.5 Å². The number of carbonyl (C=O) groups excluding carboxylic acids is 2. The van der Waals surface area contributed by atoms with Gasteiger partial charge in [-0.25, -0.2) is 5.84 Å². The number of nitrogens with zero attached hydrogens (tertiary/aromatic N) is 3. The van der Waals surface area contributed by atoms with E-state index < -0.39 is 0 Å². The lowest BCUT2D eigenvalue weighted by Gasteiger charge is -2.28. The third-order valence-corrected chi connectivity index (χ3v) is 7.82. The Bertz CT molecular complexity index is 1510. The van der Waals surface area contributed by atoms with Gasteiger partial charge in [-0.2, -0.15) is 0 Å². The fourth-order valence-corrected chi connectivity index (χ4v) is 5.52. The normalized spacial score (nSPS) is 17.6. The number of methoxy groups -OCH3 is 1. The second-order valence-electron chi connectivity index (χ2n) is 10.5. The van der Waals surface area contributed by atoms with Gasteiger partial charge < -0.3 is 34.3 Å². The molecule has 2 aliphatic heterocycles. The first-order valence-electron chi connectivity index (χ1n) is 15.1. The van der Waals surface area contributed by atoms with Gasteiger partial charge in [0.1, 0.15) is 5.75 Å². The van der Waals surface area contributed by atoms with Crippen molar-refractivity contribution in [2.24, 2.45) is 11.6 Å². The lowest BCUT2D eigenvalue weighted by molar-refractivity contribution is 0.00206. The summed E-state index contributed by atoms with van der Waals surface area (Å²) >= 11 is 0. The zero-order valence-corrected chi connectivity index (χ0v) is 25.8. The Hall–Kier alpha value is -4.20. The molecule has 3 aromatic carbocycles. The largest absolute Gasteiger partial charge is 0.495 e. The molecule has 240 valence electrons. The molecule has 45 heavy (non-hydrogen) atoms. The molecule has 0 saturated carbocycles. The highest BCUT2D eigenvalue weighted by molar-refractivity contribution is 6.26. The fourth-order valence-electron chi connectivity index (χ4n) is 5.52. The molecule has 0 aromatic heterocycles. The number of hydrazine groups is 1. The van der Waals surface area contributed by atoms with E-state index in [-0.39, 0.29) is 11.8 Å². The molecule has 2 amide bonds. The van der Waals surface area contributed by atoms with Crippen LogP contribution in [0.3, 0.4) is 0 Å². The van der Waals surface area contributed by atoms with Crippen LogP contribution in [0.2, 0.25) is 0 Å². The van der Waals surface area contributed by atoms with Gasteiger partial charge in [-0.3, -0.25) is 19.5 Å². The molecule has 12 nitrogen and oxygen atoms in total. The number of carbonyl (C=O) groups is 2. The van der Waals surface area contributed by atoms with Crippen LogP contribution in [0.1, 0.15) is 33.2 Å². The average molecular weight is 620 g/mol. The molecule has 4 N–H and O–H groups in total. The number of imide groups is 1. The predicted octanol–water partition coefficient (Wildman–Crippen LogP) is 2.99. The summed E-state index contributed by atoms with van der Waals surface area (Å²) in [6, 6.07) is 14.6. The van der Waals surface area contributed by atoms with E-state index in [0.717, 1.165) is 5.69 Å². The Morgan fingerprint density at radius 3 is 2.07 bits per heavy atom. The van der Waals surface area contributed by atoms with E-state index in [1.165, 1.54) is 9.91 Å². The molecular formula is C33H41N5O7. The van der Waals surface area contributed by atoms with Gasteiger partial charge >= 0.3 is 0 Å². The summed E-state index contributed by atoms with van der Waals surface area (Å²) in [4.78, 5) is 29.4. The van der Waals surface area contributed by atoms with Gasteiger partial charge in [-0.1, -0.05) is 18.2 Å². The Kier molecular flexibility index (Phi) is 10.9. The topological polar surface area (TPSA) is 142 Å². The zero-order chi connectivity index (χ0) is 31.8. The summed E-state index contributed by atoms with van der Waals surface area (Å²) < 4.78 is 28.4. The van der Waals surface area contributed by atoms with Gasteiger partial charge in [0, 0.05) is 53.3 Å². The molecule has 2 heterocycles. The van der Waals surface area contributed by atoms with E-state index in [4.69, 9.17) is 35.3 Å². The number of nitrogens with two attached hydrogens (primary N) is 2. The Labute approximate surface area is 262 Å². The first-order chi connectivity index (χ1) is 21.9. The van der Waals surface area contributed by atoms with Crippen LogP contribution in [0.5, 0.6) is 5.75 Å². The number of anilines is 2. The van der Waals surface area contributed by atoms with E-state index in [1.54, 1.807) is 44.5 Å². The second kappa shape index (κ2) is 15.2. The quantitative estimate of drug-likeness (QED) is 0.239. The molecule has 1 saturated heterocycles. The smallest absolute Gasteiger partial charge is 0.261 e. The van der Waals surface area contributed by atoms with Gasteiger partial charge in [-0.05, 0) is 37.3 Å². The van der Waals surface area contributed by atoms with Gasteiger partial charge in [0.15, 0.2) is 0 Å². The second-order valence-corrected chi connectivity index (χ2v) is 10.5. The number of rotatable bonds is 6. The molecule has 0 atom stereocenters. The van der Waals surface area contributed by atoms with Crippen molar-refractivity contribution in [3.05, 3.63) is 71.4 Å². The minimum Gasteiger partial charge on any atom is -0.495 e. The van der Waals surface area contributed by atoms with E-state index in [2.05, 4.69) is 4.90 Å². The van der Waals surface area contributed by atoms with Crippen LogP contribution in [0, 0.1) is 0 Å². The molecule has 1 fully saturated rings. The van der Waals surface area contributed by atoms with Gasteiger partial charge in [0.2, 0.25) is 0 Å². The van der Waals surface area contributed by atoms with Crippen LogP contribution in [0.4, 0.5) is 11.4 Å². The lowest BCUT2D eigenvalue weighted by Crippen LogP contribution is -2.40. The molecule has 0 bridgehead atoms. The fraction of sp³-hybridized carbons (Fsp3) is 0.394. The Morgan fingerprint density at radius 1 is 0.867 bits per heavy atom. The van der Waals surface area contributed by atoms with Crippen LogP contribution in [-0.4, -0.2) is 96.3 Å². The van der Waals surface area contributed by atoms with Crippen LogP contribution >= 0.6 is 0 Å². The van der Waals surface area contributed by atoms with E-state index in [0.29, 0.717) is 117 Å². The van der Waals surface area contributed by atoms with E-state index in [1.807, 2.05) is 24.3 Å². The van der Waals surface area contributed by atoms with Crippen LogP contribution in [0.15, 0.2) is 54.7 Å². The molecule has 0 aliphatic carbocycles. The number of benzene rings is 3. The third kappa shape index (κ3) is 7.21. The first-order valence-corrected chi connectivity index (χ1v) is 15.1. The van der Waals surface area contributed by atoms with Crippen LogP contribution < -0.4 is 26.2 Å². The minimum atomic E-state index is -0.316. The maximum atomic E-state index is 13.0. The van der Waals surface area contributed by atoms with Crippen molar-refractivity contribution in [1.29, 1.82) is 0 Å². The standard InChI is InChI=1S/C33H41N5O7/c1-3-37-32(39)25-6-4-5-24-28(10-8-26(31(24)25)33(37)40)38(35)22-27(34)23-7-9-29(30(21-23)41-2)36-11-13-42-15-17-44-19-20-45-18-16-43-14-12-36/h4-10,21-22H,3,11-20,34-35H2,1-2H3/b27-22-. The monoisotopic (exact) mass is 619 g/mol.